The number of amides is 1. The van der Waals surface area contributed by atoms with Gasteiger partial charge in [0.2, 0.25) is 0 Å². The standard InChI is InChI=1S/C21H18N2O2S/c1-15(25-18-11-9-16(14-22)10-12-18)21(24)23-20(19-8-5-13-26-19)17-6-3-2-4-7-17/h2-13,15,20H,1H3,(H,23,24)/t15-,20-/m1/s1. The molecule has 0 unspecified atom stereocenters. The lowest BCUT2D eigenvalue weighted by Crippen LogP contribution is -2.38. The first-order valence-corrected chi connectivity index (χ1v) is 9.11. The van der Waals surface area contributed by atoms with Gasteiger partial charge in [0.1, 0.15) is 5.75 Å². The van der Waals surface area contributed by atoms with Crippen LogP contribution in [-0.2, 0) is 4.79 Å². The van der Waals surface area contributed by atoms with E-state index in [2.05, 4.69) is 11.4 Å². The average Bonchev–Trinajstić information content (AvgIpc) is 3.21. The predicted octanol–water partition coefficient (Wildman–Crippen LogP) is 4.29. The Morgan fingerprint density at radius 1 is 1.08 bits per heavy atom. The smallest absolute Gasteiger partial charge is 0.261 e. The molecule has 0 bridgehead atoms. The van der Waals surface area contributed by atoms with Crippen molar-refractivity contribution in [2.45, 2.75) is 19.1 Å². The molecule has 2 atom stereocenters. The molecule has 0 spiro atoms. The van der Waals surface area contributed by atoms with Crippen LogP contribution in [0.2, 0.25) is 0 Å². The lowest BCUT2D eigenvalue weighted by Gasteiger charge is -2.21. The molecule has 0 saturated carbocycles. The molecule has 3 aromatic rings. The van der Waals surface area contributed by atoms with Gasteiger partial charge < -0.3 is 10.1 Å². The van der Waals surface area contributed by atoms with Gasteiger partial charge in [0, 0.05) is 4.88 Å². The lowest BCUT2D eigenvalue weighted by atomic mass is 10.1. The third kappa shape index (κ3) is 4.29. The average molecular weight is 362 g/mol. The van der Waals surface area contributed by atoms with Gasteiger partial charge in [-0.15, -0.1) is 11.3 Å². The molecule has 1 N–H and O–H groups in total. The van der Waals surface area contributed by atoms with Crippen LogP contribution >= 0.6 is 11.3 Å². The number of hydrogen-bond acceptors (Lipinski definition) is 4. The Hall–Kier alpha value is -3.10. The molecule has 0 aliphatic carbocycles. The summed E-state index contributed by atoms with van der Waals surface area (Å²) in [6.45, 7) is 1.71. The number of rotatable bonds is 6. The number of nitrogens with zero attached hydrogens (tertiary/aromatic N) is 1. The maximum Gasteiger partial charge on any atom is 0.261 e. The van der Waals surface area contributed by atoms with E-state index in [-0.39, 0.29) is 11.9 Å². The molecule has 26 heavy (non-hydrogen) atoms. The highest BCUT2D eigenvalue weighted by atomic mass is 32.1. The Balaban J connectivity index is 1.72. The molecular weight excluding hydrogens is 344 g/mol. The van der Waals surface area contributed by atoms with Crippen LogP contribution in [-0.4, -0.2) is 12.0 Å². The summed E-state index contributed by atoms with van der Waals surface area (Å²) in [4.78, 5) is 13.7. The minimum Gasteiger partial charge on any atom is -0.481 e. The first-order valence-electron chi connectivity index (χ1n) is 8.23. The van der Waals surface area contributed by atoms with Gasteiger partial charge in [-0.3, -0.25) is 4.79 Å². The number of carbonyl (C=O) groups excluding carboxylic acids is 1. The van der Waals surface area contributed by atoms with Gasteiger partial charge in [-0.1, -0.05) is 36.4 Å². The fourth-order valence-electron chi connectivity index (χ4n) is 2.55. The van der Waals surface area contributed by atoms with Crippen molar-refractivity contribution in [1.29, 1.82) is 5.26 Å². The highest BCUT2D eigenvalue weighted by Gasteiger charge is 2.22. The third-order valence-corrected chi connectivity index (χ3v) is 4.85. The van der Waals surface area contributed by atoms with E-state index in [1.54, 1.807) is 42.5 Å². The van der Waals surface area contributed by atoms with E-state index in [0.29, 0.717) is 11.3 Å². The fourth-order valence-corrected chi connectivity index (χ4v) is 3.35. The van der Waals surface area contributed by atoms with Crippen LogP contribution in [0.3, 0.4) is 0 Å². The molecule has 2 aromatic carbocycles. The van der Waals surface area contributed by atoms with Crippen molar-refractivity contribution < 1.29 is 9.53 Å². The van der Waals surface area contributed by atoms with Crippen LogP contribution in [0, 0.1) is 11.3 Å². The van der Waals surface area contributed by atoms with E-state index in [1.165, 1.54) is 0 Å². The first-order chi connectivity index (χ1) is 12.7. The molecule has 0 saturated heterocycles. The van der Waals surface area contributed by atoms with Gasteiger partial charge in [0.25, 0.3) is 5.91 Å². The second-order valence-corrected chi connectivity index (χ2v) is 6.74. The fraction of sp³-hybridized carbons (Fsp3) is 0.143. The number of thiophene rings is 1. The minimum atomic E-state index is -0.658. The Morgan fingerprint density at radius 3 is 2.42 bits per heavy atom. The first kappa shape index (κ1) is 17.7. The van der Waals surface area contributed by atoms with E-state index < -0.39 is 6.10 Å². The summed E-state index contributed by atoms with van der Waals surface area (Å²) in [6, 6.07) is 22.4. The second-order valence-electron chi connectivity index (χ2n) is 5.76. The van der Waals surface area contributed by atoms with Crippen molar-refractivity contribution >= 4 is 17.2 Å². The van der Waals surface area contributed by atoms with Crippen LogP contribution in [0.25, 0.3) is 0 Å². The van der Waals surface area contributed by atoms with Crippen LogP contribution in [0.15, 0.2) is 72.1 Å². The van der Waals surface area contributed by atoms with E-state index in [1.807, 2.05) is 47.8 Å². The van der Waals surface area contributed by atoms with Crippen LogP contribution in [0.5, 0.6) is 5.75 Å². The summed E-state index contributed by atoms with van der Waals surface area (Å²) in [5.41, 5.74) is 1.57. The largest absolute Gasteiger partial charge is 0.481 e. The molecule has 130 valence electrons. The molecule has 0 aliphatic rings. The van der Waals surface area contributed by atoms with Gasteiger partial charge in [-0.05, 0) is 48.2 Å². The summed E-state index contributed by atoms with van der Waals surface area (Å²) in [7, 11) is 0. The number of ether oxygens (including phenoxy) is 1. The molecule has 1 aromatic heterocycles. The number of nitrogens with one attached hydrogen (secondary N) is 1. The summed E-state index contributed by atoms with van der Waals surface area (Å²) in [5.74, 6) is 0.357. The monoisotopic (exact) mass is 362 g/mol. The highest BCUT2D eigenvalue weighted by Crippen LogP contribution is 2.26. The zero-order valence-electron chi connectivity index (χ0n) is 14.3. The Kier molecular flexibility index (Phi) is 5.67. The van der Waals surface area contributed by atoms with Crippen LogP contribution < -0.4 is 10.1 Å². The lowest BCUT2D eigenvalue weighted by molar-refractivity contribution is -0.127. The minimum absolute atomic E-state index is 0.198. The van der Waals surface area contributed by atoms with Crippen LogP contribution in [0.4, 0.5) is 0 Å². The maximum atomic E-state index is 12.7. The highest BCUT2D eigenvalue weighted by molar-refractivity contribution is 7.10. The molecule has 0 aliphatic heterocycles. The van der Waals surface area contributed by atoms with E-state index in [4.69, 9.17) is 10.00 Å². The Morgan fingerprint density at radius 2 is 1.81 bits per heavy atom. The summed E-state index contributed by atoms with van der Waals surface area (Å²) in [6.07, 6.45) is -0.658. The van der Waals surface area contributed by atoms with Crippen molar-refractivity contribution in [2.75, 3.05) is 0 Å². The molecule has 1 amide bonds. The Labute approximate surface area is 156 Å². The molecule has 5 heteroatoms. The summed E-state index contributed by atoms with van der Waals surface area (Å²) >= 11 is 1.60. The van der Waals surface area contributed by atoms with E-state index in [9.17, 15) is 4.79 Å². The number of nitriles is 1. The van der Waals surface area contributed by atoms with E-state index in [0.717, 1.165) is 10.4 Å². The van der Waals surface area contributed by atoms with Crippen molar-refractivity contribution in [3.05, 3.63) is 88.1 Å². The van der Waals surface area contributed by atoms with E-state index >= 15 is 0 Å². The molecule has 4 nitrogen and oxygen atoms in total. The maximum absolute atomic E-state index is 12.7. The summed E-state index contributed by atoms with van der Waals surface area (Å²) in [5, 5.41) is 13.9. The number of carbonyl (C=O) groups is 1. The normalized spacial score (nSPS) is 12.6. The van der Waals surface area contributed by atoms with Crippen molar-refractivity contribution in [3.63, 3.8) is 0 Å². The van der Waals surface area contributed by atoms with Gasteiger partial charge >= 0.3 is 0 Å². The zero-order valence-corrected chi connectivity index (χ0v) is 15.1. The third-order valence-electron chi connectivity index (χ3n) is 3.91. The predicted molar refractivity (Wildman–Crippen MR) is 102 cm³/mol. The van der Waals surface area contributed by atoms with Gasteiger partial charge in [0.05, 0.1) is 17.7 Å². The SMILES string of the molecule is C[C@@H](Oc1ccc(C#N)cc1)C(=O)N[C@H](c1ccccc1)c1cccs1. The van der Waals surface area contributed by atoms with Crippen molar-refractivity contribution in [1.82, 2.24) is 5.32 Å². The molecule has 3 rings (SSSR count). The number of benzene rings is 2. The van der Waals surface area contributed by atoms with Gasteiger partial charge in [-0.2, -0.15) is 5.26 Å². The number of hydrogen-bond donors (Lipinski definition) is 1. The van der Waals surface area contributed by atoms with Crippen molar-refractivity contribution in [3.8, 4) is 11.8 Å². The van der Waals surface area contributed by atoms with Gasteiger partial charge in [-0.25, -0.2) is 0 Å². The quantitative estimate of drug-likeness (QED) is 0.711. The molecule has 0 fully saturated rings. The molecular formula is C21H18N2O2S. The second kappa shape index (κ2) is 8.32. The van der Waals surface area contributed by atoms with Crippen molar-refractivity contribution in [2.24, 2.45) is 0 Å². The Bertz CT molecular complexity index is 884. The molecule has 0 radical (unpaired) electrons. The topological polar surface area (TPSA) is 62.1 Å². The molecule has 1 heterocycles. The summed E-state index contributed by atoms with van der Waals surface area (Å²) < 4.78 is 5.71. The van der Waals surface area contributed by atoms with Crippen LogP contribution in [0.1, 0.15) is 29.0 Å². The van der Waals surface area contributed by atoms with Gasteiger partial charge in [0.15, 0.2) is 6.10 Å². The zero-order chi connectivity index (χ0) is 18.4.